The SMILES string of the molecule is CCOc1ccc(CN(CC(O)c2cccc(Cl)c2)C(C)Cc2ccc(OC)c(OC)c2)cc1OCC. The number of hydrogen-bond donors (Lipinski definition) is 1. The highest BCUT2D eigenvalue weighted by Gasteiger charge is 2.21. The van der Waals surface area contributed by atoms with Crippen molar-refractivity contribution in [2.75, 3.05) is 34.0 Å². The summed E-state index contributed by atoms with van der Waals surface area (Å²) in [7, 11) is 3.27. The number of rotatable bonds is 14. The van der Waals surface area contributed by atoms with Gasteiger partial charge in [0.25, 0.3) is 0 Å². The van der Waals surface area contributed by atoms with Gasteiger partial charge in [0.05, 0.1) is 33.5 Å². The topological polar surface area (TPSA) is 60.4 Å². The van der Waals surface area contributed by atoms with Crippen LogP contribution in [0.5, 0.6) is 23.0 Å². The number of aliphatic hydroxyl groups excluding tert-OH is 1. The lowest BCUT2D eigenvalue weighted by Crippen LogP contribution is -2.37. The van der Waals surface area contributed by atoms with Crippen LogP contribution in [-0.4, -0.2) is 50.0 Å². The molecule has 0 heterocycles. The lowest BCUT2D eigenvalue weighted by atomic mass is 10.0. The van der Waals surface area contributed by atoms with E-state index < -0.39 is 6.10 Å². The molecule has 0 spiro atoms. The maximum atomic E-state index is 11.1. The normalized spacial score (nSPS) is 12.8. The molecule has 0 radical (unpaired) electrons. The molecule has 3 aromatic rings. The zero-order valence-corrected chi connectivity index (χ0v) is 23.1. The molecular formula is C30H38ClNO5. The maximum Gasteiger partial charge on any atom is 0.161 e. The van der Waals surface area contributed by atoms with E-state index in [9.17, 15) is 5.11 Å². The summed E-state index contributed by atoms with van der Waals surface area (Å²) in [6.45, 7) is 8.26. The molecule has 0 aliphatic carbocycles. The van der Waals surface area contributed by atoms with Crippen LogP contribution in [0.4, 0.5) is 0 Å². The van der Waals surface area contributed by atoms with Crippen LogP contribution < -0.4 is 18.9 Å². The quantitative estimate of drug-likeness (QED) is 0.265. The third-order valence-electron chi connectivity index (χ3n) is 6.24. The second-order valence-corrected chi connectivity index (χ2v) is 9.33. The fourth-order valence-corrected chi connectivity index (χ4v) is 4.55. The highest BCUT2D eigenvalue weighted by Crippen LogP contribution is 2.31. The molecule has 2 atom stereocenters. The zero-order valence-electron chi connectivity index (χ0n) is 22.4. The van der Waals surface area contributed by atoms with E-state index in [1.54, 1.807) is 14.2 Å². The first-order valence-corrected chi connectivity index (χ1v) is 13.0. The van der Waals surface area contributed by atoms with E-state index in [4.69, 9.17) is 30.5 Å². The summed E-state index contributed by atoms with van der Waals surface area (Å²) in [6.07, 6.45) is 0.0680. The van der Waals surface area contributed by atoms with Gasteiger partial charge in [-0.2, -0.15) is 0 Å². The van der Waals surface area contributed by atoms with Crippen molar-refractivity contribution in [2.45, 2.75) is 45.9 Å². The largest absolute Gasteiger partial charge is 0.493 e. The second kappa shape index (κ2) is 14.1. The summed E-state index contributed by atoms with van der Waals surface area (Å²) in [5.74, 6) is 2.86. The van der Waals surface area contributed by atoms with Crippen LogP contribution in [0, 0.1) is 0 Å². The summed E-state index contributed by atoms with van der Waals surface area (Å²) in [5.41, 5.74) is 2.98. The second-order valence-electron chi connectivity index (χ2n) is 8.89. The fraction of sp³-hybridized carbons (Fsp3) is 0.400. The van der Waals surface area contributed by atoms with E-state index in [2.05, 4.69) is 17.9 Å². The molecule has 200 valence electrons. The number of benzene rings is 3. The van der Waals surface area contributed by atoms with Crippen LogP contribution in [0.1, 0.15) is 43.6 Å². The highest BCUT2D eigenvalue weighted by molar-refractivity contribution is 6.30. The highest BCUT2D eigenvalue weighted by atomic mass is 35.5. The smallest absolute Gasteiger partial charge is 0.161 e. The first-order chi connectivity index (χ1) is 17.9. The average molecular weight is 528 g/mol. The van der Waals surface area contributed by atoms with Crippen molar-refractivity contribution in [2.24, 2.45) is 0 Å². The van der Waals surface area contributed by atoms with Crippen LogP contribution in [0.15, 0.2) is 60.7 Å². The number of halogens is 1. The Hall–Kier alpha value is -2.93. The maximum absolute atomic E-state index is 11.1. The molecule has 0 saturated carbocycles. The van der Waals surface area contributed by atoms with Gasteiger partial charge in [-0.05, 0) is 80.3 Å². The summed E-state index contributed by atoms with van der Waals surface area (Å²) >= 11 is 6.19. The third-order valence-corrected chi connectivity index (χ3v) is 6.47. The van der Waals surface area contributed by atoms with Crippen LogP contribution in [0.3, 0.4) is 0 Å². The first kappa shape index (κ1) is 28.6. The Morgan fingerprint density at radius 1 is 0.811 bits per heavy atom. The lowest BCUT2D eigenvalue weighted by Gasteiger charge is -2.32. The molecule has 6 nitrogen and oxygen atoms in total. The summed E-state index contributed by atoms with van der Waals surface area (Å²) < 4.78 is 22.5. The van der Waals surface area contributed by atoms with Crippen molar-refractivity contribution >= 4 is 11.6 Å². The number of nitrogens with zero attached hydrogens (tertiary/aromatic N) is 1. The molecule has 0 aromatic heterocycles. The Bertz CT molecular complexity index is 1140. The van der Waals surface area contributed by atoms with Gasteiger partial charge in [0.15, 0.2) is 23.0 Å². The van der Waals surface area contributed by atoms with Gasteiger partial charge in [-0.25, -0.2) is 0 Å². The van der Waals surface area contributed by atoms with Crippen LogP contribution in [0.2, 0.25) is 5.02 Å². The number of ether oxygens (including phenoxy) is 4. The molecule has 0 saturated heterocycles. The van der Waals surface area contributed by atoms with E-state index >= 15 is 0 Å². The monoisotopic (exact) mass is 527 g/mol. The molecule has 3 aromatic carbocycles. The van der Waals surface area contributed by atoms with Gasteiger partial charge >= 0.3 is 0 Å². The molecule has 37 heavy (non-hydrogen) atoms. The summed E-state index contributed by atoms with van der Waals surface area (Å²) in [5, 5.41) is 11.7. The lowest BCUT2D eigenvalue weighted by molar-refractivity contribution is 0.0858. The van der Waals surface area contributed by atoms with E-state index in [1.165, 1.54) is 0 Å². The molecule has 0 aliphatic rings. The predicted octanol–water partition coefficient (Wildman–Crippen LogP) is 6.32. The molecule has 3 rings (SSSR count). The molecule has 7 heteroatoms. The van der Waals surface area contributed by atoms with Crippen molar-refractivity contribution in [3.05, 3.63) is 82.4 Å². The van der Waals surface area contributed by atoms with Gasteiger partial charge in [0.1, 0.15) is 0 Å². The molecule has 2 unspecified atom stereocenters. The summed E-state index contributed by atoms with van der Waals surface area (Å²) in [6, 6.07) is 19.5. The number of methoxy groups -OCH3 is 2. The van der Waals surface area contributed by atoms with E-state index in [-0.39, 0.29) is 6.04 Å². The van der Waals surface area contributed by atoms with E-state index in [1.807, 2.05) is 68.4 Å². The fourth-order valence-electron chi connectivity index (χ4n) is 4.35. The first-order valence-electron chi connectivity index (χ1n) is 12.6. The van der Waals surface area contributed by atoms with E-state index in [0.29, 0.717) is 42.8 Å². The Morgan fingerprint density at radius 2 is 1.46 bits per heavy atom. The Morgan fingerprint density at radius 3 is 2.14 bits per heavy atom. The van der Waals surface area contributed by atoms with Gasteiger partial charge in [0.2, 0.25) is 0 Å². The Labute approximate surface area is 225 Å². The average Bonchev–Trinajstić information content (AvgIpc) is 2.89. The van der Waals surface area contributed by atoms with Crippen LogP contribution in [0.25, 0.3) is 0 Å². The molecular weight excluding hydrogens is 490 g/mol. The Balaban J connectivity index is 1.87. The van der Waals surface area contributed by atoms with E-state index in [0.717, 1.165) is 34.6 Å². The minimum Gasteiger partial charge on any atom is -0.493 e. The zero-order chi connectivity index (χ0) is 26.8. The molecule has 0 fully saturated rings. The van der Waals surface area contributed by atoms with Gasteiger partial charge in [0, 0.05) is 24.2 Å². The van der Waals surface area contributed by atoms with Crippen molar-refractivity contribution in [3.8, 4) is 23.0 Å². The van der Waals surface area contributed by atoms with Gasteiger partial charge in [-0.3, -0.25) is 4.90 Å². The Kier molecular flexibility index (Phi) is 10.9. The van der Waals surface area contributed by atoms with Gasteiger partial charge < -0.3 is 24.1 Å². The standard InChI is InChI=1S/C30H38ClNO5/c1-6-36-28-14-12-23(17-30(28)37-7-2)19-32(20-26(33)24-9-8-10-25(31)18-24)21(3)15-22-11-13-27(34-4)29(16-22)35-5/h8-14,16-18,21,26,33H,6-7,15,19-20H2,1-5H3. The predicted molar refractivity (Wildman–Crippen MR) is 148 cm³/mol. The minimum absolute atomic E-state index is 0.106. The number of hydrogen-bond acceptors (Lipinski definition) is 6. The molecule has 0 aliphatic heterocycles. The van der Waals surface area contributed by atoms with Crippen molar-refractivity contribution in [1.29, 1.82) is 0 Å². The molecule has 0 bridgehead atoms. The van der Waals surface area contributed by atoms with Crippen molar-refractivity contribution < 1.29 is 24.1 Å². The summed E-state index contributed by atoms with van der Waals surface area (Å²) in [4.78, 5) is 2.27. The van der Waals surface area contributed by atoms with Crippen LogP contribution in [-0.2, 0) is 13.0 Å². The molecule has 0 amide bonds. The number of aliphatic hydroxyl groups is 1. The van der Waals surface area contributed by atoms with Crippen molar-refractivity contribution in [3.63, 3.8) is 0 Å². The third kappa shape index (κ3) is 8.03. The van der Waals surface area contributed by atoms with Gasteiger partial charge in [-0.1, -0.05) is 35.9 Å². The van der Waals surface area contributed by atoms with Gasteiger partial charge in [-0.15, -0.1) is 0 Å². The van der Waals surface area contributed by atoms with Crippen LogP contribution >= 0.6 is 11.6 Å². The minimum atomic E-state index is -0.694. The molecule has 1 N–H and O–H groups in total. The van der Waals surface area contributed by atoms with Crippen molar-refractivity contribution in [1.82, 2.24) is 4.90 Å².